The van der Waals surface area contributed by atoms with E-state index in [1.54, 1.807) is 13.0 Å². The Hall–Kier alpha value is -1.86. The quantitative estimate of drug-likeness (QED) is 0.825. The molecule has 1 heterocycles. The van der Waals surface area contributed by atoms with Gasteiger partial charge in [0.25, 0.3) is 0 Å². The predicted molar refractivity (Wildman–Crippen MR) is 69.2 cm³/mol. The lowest BCUT2D eigenvalue weighted by atomic mass is 9.75. The third-order valence-electron chi connectivity index (χ3n) is 2.95. The van der Waals surface area contributed by atoms with E-state index in [4.69, 9.17) is 0 Å². The Morgan fingerprint density at radius 1 is 1.05 bits per heavy atom. The molecule has 2 N–H and O–H groups in total. The molecule has 0 radical (unpaired) electrons. The average molecular weight is 281 g/mol. The Morgan fingerprint density at radius 3 is 2.15 bits per heavy atom. The summed E-state index contributed by atoms with van der Waals surface area (Å²) in [6.45, 7) is 1.67. The van der Waals surface area contributed by atoms with E-state index in [0.29, 0.717) is 11.1 Å². The number of hydrogen-bond acceptors (Lipinski definition) is 3. The van der Waals surface area contributed by atoms with E-state index >= 15 is 0 Å². The molecule has 0 aliphatic rings. The van der Waals surface area contributed by atoms with Crippen LogP contribution in [0.1, 0.15) is 11.1 Å². The van der Waals surface area contributed by atoms with Gasteiger partial charge >= 0.3 is 13.3 Å². The Balaban J connectivity index is 2.50. The molecule has 0 aliphatic carbocycles. The fourth-order valence-corrected chi connectivity index (χ4v) is 1.94. The van der Waals surface area contributed by atoms with Crippen molar-refractivity contribution in [3.8, 4) is 11.3 Å². The van der Waals surface area contributed by atoms with Gasteiger partial charge in [-0.2, -0.15) is 13.2 Å². The molecule has 7 heteroatoms. The van der Waals surface area contributed by atoms with Gasteiger partial charge in [-0.1, -0.05) is 12.1 Å². The van der Waals surface area contributed by atoms with E-state index < -0.39 is 18.9 Å². The first kappa shape index (κ1) is 14.6. The van der Waals surface area contributed by atoms with Gasteiger partial charge in [-0.15, -0.1) is 0 Å². The molecule has 2 rings (SSSR count). The minimum absolute atomic E-state index is 0.187. The van der Waals surface area contributed by atoms with Crippen LogP contribution in [-0.4, -0.2) is 22.2 Å². The molecule has 104 valence electrons. The maximum Gasteiger partial charge on any atom is 0.490 e. The Bertz CT molecular complexity index is 612. The van der Waals surface area contributed by atoms with Crippen LogP contribution in [0.5, 0.6) is 0 Å². The molecule has 1 aromatic heterocycles. The fraction of sp³-hybridized carbons (Fsp3) is 0.154. The summed E-state index contributed by atoms with van der Waals surface area (Å²) in [7, 11) is -1.74. The second-order valence-electron chi connectivity index (χ2n) is 4.34. The highest BCUT2D eigenvalue weighted by molar-refractivity contribution is 6.61. The third kappa shape index (κ3) is 2.83. The van der Waals surface area contributed by atoms with Gasteiger partial charge in [0.15, 0.2) is 0 Å². The molecule has 0 saturated heterocycles. The van der Waals surface area contributed by atoms with Crippen LogP contribution in [0.4, 0.5) is 13.2 Å². The van der Waals surface area contributed by atoms with Crippen LogP contribution in [-0.2, 0) is 6.18 Å². The molecule has 0 unspecified atom stereocenters. The molecule has 3 nitrogen and oxygen atoms in total. The largest absolute Gasteiger partial charge is 0.490 e. The lowest BCUT2D eigenvalue weighted by Gasteiger charge is -2.12. The minimum Gasteiger partial charge on any atom is -0.423 e. The number of rotatable bonds is 2. The molecular formula is C13H11BF3NO2. The van der Waals surface area contributed by atoms with Crippen molar-refractivity contribution in [3.05, 3.63) is 47.7 Å². The van der Waals surface area contributed by atoms with Crippen LogP contribution >= 0.6 is 0 Å². The lowest BCUT2D eigenvalue weighted by Crippen LogP contribution is -2.34. The first-order valence-corrected chi connectivity index (χ1v) is 5.80. The second kappa shape index (κ2) is 5.26. The molecule has 0 bridgehead atoms. The van der Waals surface area contributed by atoms with Crippen molar-refractivity contribution in [2.75, 3.05) is 0 Å². The van der Waals surface area contributed by atoms with Gasteiger partial charge < -0.3 is 10.0 Å². The summed E-state index contributed by atoms with van der Waals surface area (Å²) in [5.41, 5.74) is 0.677. The maximum atomic E-state index is 12.5. The van der Waals surface area contributed by atoms with Gasteiger partial charge in [0.2, 0.25) is 0 Å². The number of hydrogen-bond donors (Lipinski definition) is 2. The van der Waals surface area contributed by atoms with E-state index in [9.17, 15) is 23.2 Å². The number of aryl methyl sites for hydroxylation is 1. The van der Waals surface area contributed by atoms with Crippen LogP contribution in [0.2, 0.25) is 0 Å². The van der Waals surface area contributed by atoms with Gasteiger partial charge in [-0.25, -0.2) is 0 Å². The average Bonchev–Trinajstić information content (AvgIpc) is 2.37. The monoisotopic (exact) mass is 281 g/mol. The molecule has 1 aromatic carbocycles. The Morgan fingerprint density at radius 2 is 1.65 bits per heavy atom. The molecule has 0 amide bonds. The number of halogens is 3. The van der Waals surface area contributed by atoms with Crippen molar-refractivity contribution in [3.63, 3.8) is 0 Å². The normalized spacial score (nSPS) is 11.5. The Kier molecular flexibility index (Phi) is 3.83. The van der Waals surface area contributed by atoms with E-state index in [1.165, 1.54) is 18.3 Å². The van der Waals surface area contributed by atoms with Gasteiger partial charge in [-0.3, -0.25) is 4.98 Å². The van der Waals surface area contributed by atoms with Crippen LogP contribution in [0, 0.1) is 6.92 Å². The van der Waals surface area contributed by atoms with E-state index in [0.717, 1.165) is 12.1 Å². The van der Waals surface area contributed by atoms with E-state index in [1.807, 2.05) is 0 Å². The van der Waals surface area contributed by atoms with E-state index in [2.05, 4.69) is 4.98 Å². The smallest absolute Gasteiger partial charge is 0.423 e. The fourth-order valence-electron chi connectivity index (χ4n) is 1.94. The highest BCUT2D eigenvalue weighted by Crippen LogP contribution is 2.30. The van der Waals surface area contributed by atoms with Crippen LogP contribution in [0.3, 0.4) is 0 Å². The zero-order valence-electron chi connectivity index (χ0n) is 10.5. The molecule has 0 fully saturated rings. The van der Waals surface area contributed by atoms with Crippen molar-refractivity contribution in [2.45, 2.75) is 13.1 Å². The van der Waals surface area contributed by atoms with Crippen LogP contribution < -0.4 is 5.46 Å². The molecule has 0 saturated carbocycles. The van der Waals surface area contributed by atoms with Crippen molar-refractivity contribution in [1.82, 2.24) is 4.98 Å². The number of pyridine rings is 1. The summed E-state index contributed by atoms with van der Waals surface area (Å²) < 4.78 is 37.5. The van der Waals surface area contributed by atoms with Crippen molar-refractivity contribution in [2.24, 2.45) is 0 Å². The molecule has 0 aliphatic heterocycles. The number of nitrogens with zero attached hydrogens (tertiary/aromatic N) is 1. The van der Waals surface area contributed by atoms with Gasteiger partial charge in [0.05, 0.1) is 11.3 Å². The molecule has 0 atom stereocenters. The number of benzene rings is 1. The first-order chi connectivity index (χ1) is 9.30. The topological polar surface area (TPSA) is 53.4 Å². The molecular weight excluding hydrogens is 270 g/mol. The van der Waals surface area contributed by atoms with Gasteiger partial charge in [0.1, 0.15) is 0 Å². The minimum atomic E-state index is -4.40. The highest BCUT2D eigenvalue weighted by atomic mass is 19.4. The molecule has 0 spiro atoms. The van der Waals surface area contributed by atoms with Crippen LogP contribution in [0.15, 0.2) is 36.5 Å². The SMILES string of the molecule is Cc1ccnc(-c2ccc(C(F)(F)F)cc2)c1B(O)O. The highest BCUT2D eigenvalue weighted by Gasteiger charge is 2.30. The van der Waals surface area contributed by atoms with Gasteiger partial charge in [0, 0.05) is 11.7 Å². The predicted octanol–water partition coefficient (Wildman–Crippen LogP) is 1.76. The van der Waals surface area contributed by atoms with Crippen molar-refractivity contribution >= 4 is 12.6 Å². The third-order valence-corrected chi connectivity index (χ3v) is 2.95. The zero-order valence-corrected chi connectivity index (χ0v) is 10.5. The summed E-state index contributed by atoms with van der Waals surface area (Å²) in [6, 6.07) is 6.00. The van der Waals surface area contributed by atoms with Gasteiger partial charge in [-0.05, 0) is 36.2 Å². The molecule has 2 aromatic rings. The van der Waals surface area contributed by atoms with E-state index in [-0.39, 0.29) is 11.2 Å². The summed E-state index contributed by atoms with van der Waals surface area (Å²) in [4.78, 5) is 4.02. The lowest BCUT2D eigenvalue weighted by molar-refractivity contribution is -0.137. The Labute approximate surface area is 113 Å². The molecule has 20 heavy (non-hydrogen) atoms. The standard InChI is InChI=1S/C13H11BF3NO2/c1-8-6-7-18-12(11(8)14(19)20)9-2-4-10(5-3-9)13(15,16)17/h2-7,19-20H,1H3. The van der Waals surface area contributed by atoms with Crippen LogP contribution in [0.25, 0.3) is 11.3 Å². The summed E-state index contributed by atoms with van der Waals surface area (Å²) in [5.74, 6) is 0. The number of aromatic nitrogens is 1. The number of alkyl halides is 3. The second-order valence-corrected chi connectivity index (χ2v) is 4.34. The van der Waals surface area contributed by atoms with Crippen molar-refractivity contribution < 1.29 is 23.2 Å². The maximum absolute atomic E-state index is 12.5. The summed E-state index contributed by atoms with van der Waals surface area (Å²) in [6.07, 6.45) is -2.94. The zero-order chi connectivity index (χ0) is 14.9. The van der Waals surface area contributed by atoms with Crippen molar-refractivity contribution in [1.29, 1.82) is 0 Å². The summed E-state index contributed by atoms with van der Waals surface area (Å²) in [5, 5.41) is 18.7. The summed E-state index contributed by atoms with van der Waals surface area (Å²) >= 11 is 0. The first-order valence-electron chi connectivity index (χ1n) is 5.80.